The molecule has 2 N–H and O–H groups in total. The minimum absolute atomic E-state index is 0.0903. The van der Waals surface area contributed by atoms with Crippen LogP contribution in [0.4, 0.5) is 0 Å². The van der Waals surface area contributed by atoms with Gasteiger partial charge in [0.05, 0.1) is 5.75 Å². The van der Waals surface area contributed by atoms with Crippen LogP contribution >= 0.6 is 15.9 Å². The van der Waals surface area contributed by atoms with Gasteiger partial charge in [0.1, 0.15) is 0 Å². The quantitative estimate of drug-likeness (QED) is 0.779. The highest BCUT2D eigenvalue weighted by Crippen LogP contribution is 2.17. The lowest BCUT2D eigenvalue weighted by molar-refractivity contribution is 0.583. The van der Waals surface area contributed by atoms with Crippen LogP contribution in [0.25, 0.3) is 0 Å². The van der Waals surface area contributed by atoms with E-state index in [-0.39, 0.29) is 5.75 Å². The van der Waals surface area contributed by atoms with Crippen molar-refractivity contribution in [3.63, 3.8) is 0 Å². The Morgan fingerprint density at radius 3 is 2.65 bits per heavy atom. The summed E-state index contributed by atoms with van der Waals surface area (Å²) in [6.07, 6.45) is 0. The molecule has 1 aromatic carbocycles. The van der Waals surface area contributed by atoms with E-state index in [4.69, 9.17) is 0 Å². The van der Waals surface area contributed by atoms with E-state index < -0.39 is 10.0 Å². The van der Waals surface area contributed by atoms with E-state index in [1.54, 1.807) is 0 Å². The second-order valence-corrected chi connectivity index (χ2v) is 6.69. The maximum Gasteiger partial charge on any atom is 0.212 e. The van der Waals surface area contributed by atoms with Crippen molar-refractivity contribution in [1.82, 2.24) is 10.0 Å². The number of rotatable bonds is 6. The zero-order valence-electron chi connectivity index (χ0n) is 9.96. The lowest BCUT2D eigenvalue weighted by Crippen LogP contribution is -2.29. The minimum atomic E-state index is -3.11. The van der Waals surface area contributed by atoms with Crippen LogP contribution in [0.5, 0.6) is 0 Å². The Labute approximate surface area is 111 Å². The first-order chi connectivity index (χ1) is 7.94. The van der Waals surface area contributed by atoms with Crippen LogP contribution in [-0.2, 0) is 16.6 Å². The molecule has 0 unspecified atom stereocenters. The van der Waals surface area contributed by atoms with Gasteiger partial charge in [0.2, 0.25) is 10.0 Å². The topological polar surface area (TPSA) is 58.2 Å². The zero-order valence-corrected chi connectivity index (χ0v) is 12.4. The largest absolute Gasteiger partial charge is 0.312 e. The molecule has 0 radical (unpaired) electrons. The monoisotopic (exact) mass is 320 g/mol. The molecule has 0 aliphatic rings. The number of benzene rings is 1. The Balaban J connectivity index is 2.41. The Morgan fingerprint density at radius 1 is 1.35 bits per heavy atom. The van der Waals surface area contributed by atoms with Crippen molar-refractivity contribution in [1.29, 1.82) is 0 Å². The maximum absolute atomic E-state index is 11.2. The van der Waals surface area contributed by atoms with Crippen LogP contribution < -0.4 is 10.0 Å². The Bertz CT molecular complexity index is 474. The summed E-state index contributed by atoms with van der Waals surface area (Å²) in [5.74, 6) is 0.0903. The zero-order chi connectivity index (χ0) is 12.9. The summed E-state index contributed by atoms with van der Waals surface area (Å²) < 4.78 is 25.6. The van der Waals surface area contributed by atoms with Gasteiger partial charge in [-0.1, -0.05) is 28.1 Å². The van der Waals surface area contributed by atoms with Crippen LogP contribution in [0.3, 0.4) is 0 Å². The number of nitrogens with one attached hydrogen (secondary N) is 2. The van der Waals surface area contributed by atoms with Gasteiger partial charge in [0.15, 0.2) is 0 Å². The standard InChI is InChI=1S/C11H17BrN2O2S/c1-9-3-4-10(11(12)7-9)8-14-5-6-17(15,16)13-2/h3-4,7,13-14H,5-6,8H2,1-2H3. The molecule has 0 atom stereocenters. The normalized spacial score (nSPS) is 11.7. The average Bonchev–Trinajstić information content (AvgIpc) is 2.27. The number of sulfonamides is 1. The fourth-order valence-electron chi connectivity index (χ4n) is 1.33. The van der Waals surface area contributed by atoms with Gasteiger partial charge >= 0.3 is 0 Å². The summed E-state index contributed by atoms with van der Waals surface area (Å²) in [5, 5.41) is 3.10. The third-order valence-corrected chi connectivity index (χ3v) is 4.48. The molecule has 0 fully saturated rings. The fourth-order valence-corrected chi connectivity index (χ4v) is 2.58. The van der Waals surface area contributed by atoms with E-state index in [1.807, 2.05) is 25.1 Å². The lowest BCUT2D eigenvalue weighted by atomic mass is 10.1. The predicted molar refractivity (Wildman–Crippen MR) is 73.4 cm³/mol. The van der Waals surface area contributed by atoms with Crippen LogP contribution in [0.2, 0.25) is 0 Å². The summed E-state index contributed by atoms with van der Waals surface area (Å²) in [6.45, 7) is 3.12. The third kappa shape index (κ3) is 5.16. The minimum Gasteiger partial charge on any atom is -0.312 e. The van der Waals surface area contributed by atoms with Gasteiger partial charge in [-0.2, -0.15) is 0 Å². The van der Waals surface area contributed by atoms with Gasteiger partial charge in [0, 0.05) is 17.6 Å². The number of halogens is 1. The van der Waals surface area contributed by atoms with Crippen molar-refractivity contribution in [2.24, 2.45) is 0 Å². The lowest BCUT2D eigenvalue weighted by Gasteiger charge is -2.07. The van der Waals surface area contributed by atoms with Crippen LogP contribution in [-0.4, -0.2) is 27.8 Å². The Hall–Kier alpha value is -0.430. The molecule has 0 spiro atoms. The number of aryl methyl sites for hydroxylation is 1. The molecule has 0 aliphatic heterocycles. The molecule has 0 saturated carbocycles. The van der Waals surface area contributed by atoms with Gasteiger partial charge in [-0.3, -0.25) is 0 Å². The van der Waals surface area contributed by atoms with Crippen LogP contribution in [0.15, 0.2) is 22.7 Å². The molecular formula is C11H17BrN2O2S. The predicted octanol–water partition coefficient (Wildman–Crippen LogP) is 1.40. The smallest absolute Gasteiger partial charge is 0.212 e. The van der Waals surface area contributed by atoms with Crippen molar-refractivity contribution >= 4 is 26.0 Å². The van der Waals surface area contributed by atoms with Gasteiger partial charge in [0.25, 0.3) is 0 Å². The van der Waals surface area contributed by atoms with E-state index in [1.165, 1.54) is 12.6 Å². The third-order valence-electron chi connectivity index (χ3n) is 2.38. The number of hydrogen-bond acceptors (Lipinski definition) is 3. The first-order valence-corrected chi connectivity index (χ1v) is 7.76. The summed E-state index contributed by atoms with van der Waals surface area (Å²) in [7, 11) is -1.69. The highest BCUT2D eigenvalue weighted by molar-refractivity contribution is 9.10. The average molecular weight is 321 g/mol. The Morgan fingerprint density at radius 2 is 2.06 bits per heavy atom. The Kier molecular flexibility index (Phi) is 5.58. The second-order valence-electron chi connectivity index (χ2n) is 3.79. The highest BCUT2D eigenvalue weighted by Gasteiger charge is 2.06. The molecule has 17 heavy (non-hydrogen) atoms. The molecule has 1 aromatic rings. The number of hydrogen-bond donors (Lipinski definition) is 2. The molecule has 0 amide bonds. The molecule has 4 nitrogen and oxygen atoms in total. The van der Waals surface area contributed by atoms with Crippen molar-refractivity contribution in [3.05, 3.63) is 33.8 Å². The summed E-state index contributed by atoms with van der Waals surface area (Å²) in [5.41, 5.74) is 2.32. The van der Waals surface area contributed by atoms with Crippen molar-refractivity contribution in [2.45, 2.75) is 13.5 Å². The summed E-state index contributed by atoms with van der Waals surface area (Å²) in [4.78, 5) is 0. The molecule has 0 aliphatic carbocycles. The van der Waals surface area contributed by atoms with Crippen molar-refractivity contribution in [2.75, 3.05) is 19.3 Å². The van der Waals surface area contributed by atoms with E-state index in [0.717, 1.165) is 10.0 Å². The first kappa shape index (κ1) is 14.6. The van der Waals surface area contributed by atoms with Crippen LogP contribution in [0.1, 0.15) is 11.1 Å². The van der Waals surface area contributed by atoms with Gasteiger partial charge < -0.3 is 5.32 Å². The van der Waals surface area contributed by atoms with Crippen molar-refractivity contribution < 1.29 is 8.42 Å². The first-order valence-electron chi connectivity index (χ1n) is 5.31. The molecule has 0 bridgehead atoms. The molecule has 96 valence electrons. The molecule has 0 heterocycles. The maximum atomic E-state index is 11.2. The highest BCUT2D eigenvalue weighted by atomic mass is 79.9. The van der Waals surface area contributed by atoms with E-state index in [2.05, 4.69) is 26.0 Å². The van der Waals surface area contributed by atoms with E-state index in [0.29, 0.717) is 13.1 Å². The summed E-state index contributed by atoms with van der Waals surface area (Å²) in [6, 6.07) is 6.10. The molecule has 6 heteroatoms. The molecule has 0 aromatic heterocycles. The second kappa shape index (κ2) is 6.49. The molecule has 0 saturated heterocycles. The van der Waals surface area contributed by atoms with Gasteiger partial charge in [-0.05, 0) is 31.2 Å². The van der Waals surface area contributed by atoms with Crippen LogP contribution in [0, 0.1) is 6.92 Å². The fraction of sp³-hybridized carbons (Fsp3) is 0.455. The molecule has 1 rings (SSSR count). The van der Waals surface area contributed by atoms with Crippen molar-refractivity contribution in [3.8, 4) is 0 Å². The SMILES string of the molecule is CNS(=O)(=O)CCNCc1ccc(C)cc1Br. The molecular weight excluding hydrogens is 304 g/mol. The van der Waals surface area contributed by atoms with E-state index in [9.17, 15) is 8.42 Å². The van der Waals surface area contributed by atoms with Gasteiger partial charge in [-0.15, -0.1) is 0 Å². The van der Waals surface area contributed by atoms with E-state index >= 15 is 0 Å². The van der Waals surface area contributed by atoms with Gasteiger partial charge in [-0.25, -0.2) is 13.1 Å². The summed E-state index contributed by atoms with van der Waals surface area (Å²) >= 11 is 3.48.